The molecule has 0 unspecified atom stereocenters. The second-order valence-corrected chi connectivity index (χ2v) is 6.45. The van der Waals surface area contributed by atoms with Crippen molar-refractivity contribution < 1.29 is 4.79 Å². The number of carbonyl (C=O) groups is 1. The lowest BCUT2D eigenvalue weighted by atomic mass is 9.91. The molecule has 100 valence electrons. The molecule has 1 aliphatic rings. The van der Waals surface area contributed by atoms with Crippen LogP contribution < -0.4 is 10.6 Å². The van der Waals surface area contributed by atoms with Crippen LogP contribution in [0, 0.1) is 0 Å². The zero-order valence-corrected chi connectivity index (χ0v) is 11.9. The van der Waals surface area contributed by atoms with Gasteiger partial charge in [0.15, 0.2) is 0 Å². The van der Waals surface area contributed by atoms with Crippen molar-refractivity contribution >= 4 is 17.4 Å². The molecule has 0 aliphatic carbocycles. The van der Waals surface area contributed by atoms with Crippen LogP contribution >= 0.6 is 11.5 Å². The van der Waals surface area contributed by atoms with E-state index in [1.54, 1.807) is 0 Å². The monoisotopic (exact) mass is 268 g/mol. The van der Waals surface area contributed by atoms with Crippen LogP contribution in [0.25, 0.3) is 0 Å². The molecule has 0 bridgehead atoms. The Balaban J connectivity index is 2.07. The van der Waals surface area contributed by atoms with E-state index >= 15 is 0 Å². The fourth-order valence-electron chi connectivity index (χ4n) is 2.05. The predicted molar refractivity (Wildman–Crippen MR) is 72.0 cm³/mol. The summed E-state index contributed by atoms with van der Waals surface area (Å²) in [5, 5.41) is 10.5. The van der Waals surface area contributed by atoms with Gasteiger partial charge in [-0.05, 0) is 37.5 Å². The average Bonchev–Trinajstić information content (AvgIpc) is 2.79. The Hall–Kier alpha value is -1.01. The summed E-state index contributed by atoms with van der Waals surface area (Å²) < 4.78 is 3.92. The highest BCUT2D eigenvalue weighted by molar-refractivity contribution is 7.08. The molecule has 0 radical (unpaired) electrons. The predicted octanol–water partition coefficient (Wildman–Crippen LogP) is 1.32. The summed E-state index contributed by atoms with van der Waals surface area (Å²) in [6, 6.07) is 0.272. The normalized spacial score (nSPS) is 17.7. The average molecular weight is 268 g/mol. The van der Waals surface area contributed by atoms with E-state index in [1.165, 1.54) is 11.5 Å². The van der Waals surface area contributed by atoms with Gasteiger partial charge in [0, 0.05) is 11.5 Å². The molecule has 0 saturated carbocycles. The third kappa shape index (κ3) is 3.05. The molecule has 2 rings (SSSR count). The van der Waals surface area contributed by atoms with Gasteiger partial charge in [-0.1, -0.05) is 25.3 Å². The molecule has 2 heterocycles. The first-order valence-electron chi connectivity index (χ1n) is 6.33. The summed E-state index contributed by atoms with van der Waals surface area (Å²) in [5.41, 5.74) is 0.646. The molecule has 1 saturated heterocycles. The highest BCUT2D eigenvalue weighted by atomic mass is 32.1. The lowest BCUT2D eigenvalue weighted by Crippen LogP contribution is -2.43. The number of nitrogens with zero attached hydrogens (tertiary/aromatic N) is 2. The largest absolute Gasteiger partial charge is 0.348 e. The first-order chi connectivity index (χ1) is 8.48. The molecular formula is C12H20N4OS. The fourth-order valence-corrected chi connectivity index (χ4v) is 2.83. The lowest BCUT2D eigenvalue weighted by Gasteiger charge is -2.24. The molecular weight excluding hydrogens is 248 g/mol. The molecule has 0 atom stereocenters. The van der Waals surface area contributed by atoms with Gasteiger partial charge in [0.1, 0.15) is 4.88 Å². The minimum absolute atomic E-state index is 0.0261. The Morgan fingerprint density at radius 2 is 2.06 bits per heavy atom. The van der Waals surface area contributed by atoms with E-state index in [4.69, 9.17) is 0 Å². The minimum Gasteiger partial charge on any atom is -0.348 e. The zero-order chi connectivity index (χ0) is 13.2. The number of hydrogen-bond donors (Lipinski definition) is 2. The van der Waals surface area contributed by atoms with E-state index in [2.05, 4.69) is 20.2 Å². The van der Waals surface area contributed by atoms with E-state index in [0.29, 0.717) is 4.88 Å². The SMILES string of the molecule is CC(C)(C)c1nnsc1C(=O)NC1CCNCC1. The number of amides is 1. The van der Waals surface area contributed by atoms with Gasteiger partial charge in [-0.25, -0.2) is 0 Å². The zero-order valence-electron chi connectivity index (χ0n) is 11.1. The topological polar surface area (TPSA) is 66.9 Å². The minimum atomic E-state index is -0.145. The van der Waals surface area contributed by atoms with E-state index in [1.807, 2.05) is 20.8 Å². The number of piperidine rings is 1. The molecule has 1 fully saturated rings. The van der Waals surface area contributed by atoms with E-state index in [9.17, 15) is 4.79 Å². The summed E-state index contributed by atoms with van der Waals surface area (Å²) in [6.07, 6.45) is 1.98. The number of rotatable bonds is 2. The van der Waals surface area contributed by atoms with Crippen LogP contribution in [0.1, 0.15) is 49.0 Å². The summed E-state index contributed by atoms with van der Waals surface area (Å²) >= 11 is 1.18. The first kappa shape index (κ1) is 13.4. The maximum atomic E-state index is 12.2. The summed E-state index contributed by atoms with van der Waals surface area (Å²) in [6.45, 7) is 8.08. The first-order valence-corrected chi connectivity index (χ1v) is 7.10. The highest BCUT2D eigenvalue weighted by Gasteiger charge is 2.27. The van der Waals surface area contributed by atoms with Crippen molar-refractivity contribution in [2.24, 2.45) is 0 Å². The summed E-state index contributed by atoms with van der Waals surface area (Å²) in [4.78, 5) is 12.9. The van der Waals surface area contributed by atoms with Crippen molar-refractivity contribution in [2.75, 3.05) is 13.1 Å². The van der Waals surface area contributed by atoms with Gasteiger partial charge in [-0.3, -0.25) is 4.79 Å². The summed E-state index contributed by atoms with van der Waals surface area (Å²) in [7, 11) is 0. The van der Waals surface area contributed by atoms with Gasteiger partial charge in [-0.2, -0.15) is 0 Å². The fraction of sp³-hybridized carbons (Fsp3) is 0.750. The van der Waals surface area contributed by atoms with Crippen molar-refractivity contribution in [1.82, 2.24) is 20.2 Å². The number of nitrogens with one attached hydrogen (secondary N) is 2. The number of aromatic nitrogens is 2. The van der Waals surface area contributed by atoms with Crippen molar-refractivity contribution in [3.05, 3.63) is 10.6 Å². The quantitative estimate of drug-likeness (QED) is 0.849. The third-order valence-corrected chi connectivity index (χ3v) is 3.80. The van der Waals surface area contributed by atoms with Crippen molar-refractivity contribution in [3.8, 4) is 0 Å². The molecule has 1 amide bonds. The van der Waals surface area contributed by atoms with E-state index in [-0.39, 0.29) is 17.4 Å². The van der Waals surface area contributed by atoms with E-state index < -0.39 is 0 Å². The lowest BCUT2D eigenvalue weighted by molar-refractivity contribution is 0.0931. The Kier molecular flexibility index (Phi) is 3.97. The molecule has 0 spiro atoms. The second-order valence-electron chi connectivity index (χ2n) is 5.70. The maximum absolute atomic E-state index is 12.2. The molecule has 18 heavy (non-hydrogen) atoms. The van der Waals surface area contributed by atoms with Gasteiger partial charge in [0.05, 0.1) is 5.69 Å². The molecule has 1 aromatic rings. The van der Waals surface area contributed by atoms with Crippen molar-refractivity contribution in [3.63, 3.8) is 0 Å². The molecule has 2 N–H and O–H groups in total. The highest BCUT2D eigenvalue weighted by Crippen LogP contribution is 2.25. The maximum Gasteiger partial charge on any atom is 0.265 e. The van der Waals surface area contributed by atoms with Crippen molar-refractivity contribution in [2.45, 2.75) is 45.1 Å². The van der Waals surface area contributed by atoms with Gasteiger partial charge in [-0.15, -0.1) is 5.10 Å². The van der Waals surface area contributed by atoms with Crippen LogP contribution in [0.2, 0.25) is 0 Å². The molecule has 0 aromatic carbocycles. The van der Waals surface area contributed by atoms with Gasteiger partial charge >= 0.3 is 0 Å². The van der Waals surface area contributed by atoms with Crippen LogP contribution in [0.4, 0.5) is 0 Å². The Bertz CT molecular complexity index is 418. The Labute approximate surface area is 112 Å². The van der Waals surface area contributed by atoms with Crippen LogP contribution in [0.15, 0.2) is 0 Å². The molecule has 5 nitrogen and oxygen atoms in total. The standard InChI is InChI=1S/C12H20N4OS/c1-12(2,3)10-9(18-16-15-10)11(17)14-8-4-6-13-7-5-8/h8,13H,4-7H2,1-3H3,(H,14,17). The summed E-state index contributed by atoms with van der Waals surface area (Å²) in [5.74, 6) is -0.0261. The van der Waals surface area contributed by atoms with E-state index in [0.717, 1.165) is 31.6 Å². The Morgan fingerprint density at radius 3 is 2.67 bits per heavy atom. The Morgan fingerprint density at radius 1 is 1.39 bits per heavy atom. The smallest absolute Gasteiger partial charge is 0.265 e. The van der Waals surface area contributed by atoms with Crippen LogP contribution in [0.3, 0.4) is 0 Å². The van der Waals surface area contributed by atoms with Crippen LogP contribution in [-0.4, -0.2) is 34.6 Å². The number of carbonyl (C=O) groups excluding carboxylic acids is 1. The van der Waals surface area contributed by atoms with Gasteiger partial charge in [0.2, 0.25) is 0 Å². The van der Waals surface area contributed by atoms with Gasteiger partial charge in [0.25, 0.3) is 5.91 Å². The van der Waals surface area contributed by atoms with Crippen molar-refractivity contribution in [1.29, 1.82) is 0 Å². The molecule has 1 aromatic heterocycles. The van der Waals surface area contributed by atoms with Crippen LogP contribution in [-0.2, 0) is 5.41 Å². The molecule has 6 heteroatoms. The van der Waals surface area contributed by atoms with Crippen LogP contribution in [0.5, 0.6) is 0 Å². The number of hydrogen-bond acceptors (Lipinski definition) is 5. The van der Waals surface area contributed by atoms with Gasteiger partial charge < -0.3 is 10.6 Å². The molecule has 1 aliphatic heterocycles. The third-order valence-electron chi connectivity index (χ3n) is 3.08. The second kappa shape index (κ2) is 5.32.